The van der Waals surface area contributed by atoms with Crippen molar-refractivity contribution in [2.45, 2.75) is 52.7 Å². The fourth-order valence-corrected chi connectivity index (χ4v) is 3.53. The lowest BCUT2D eigenvalue weighted by Crippen LogP contribution is -2.46. The number of aliphatic hydroxyl groups is 1. The predicted molar refractivity (Wildman–Crippen MR) is 84.7 cm³/mol. The number of benzene rings is 1. The largest absolute Gasteiger partial charge is 0.388 e. The van der Waals surface area contributed by atoms with Gasteiger partial charge in [-0.3, -0.25) is 0 Å². The van der Waals surface area contributed by atoms with Crippen LogP contribution in [0, 0.1) is 18.8 Å². The van der Waals surface area contributed by atoms with Crippen LogP contribution in [-0.4, -0.2) is 29.1 Å². The number of nitrogens with zero attached hydrogens (tertiary/aromatic N) is 1. The third kappa shape index (κ3) is 3.62. The Kier molecular flexibility index (Phi) is 5.22. The van der Waals surface area contributed by atoms with Gasteiger partial charge in [0, 0.05) is 19.1 Å². The van der Waals surface area contributed by atoms with Gasteiger partial charge in [-0.2, -0.15) is 0 Å². The first-order valence-corrected chi connectivity index (χ1v) is 7.96. The molecule has 1 heterocycles. The lowest BCUT2D eigenvalue weighted by Gasteiger charge is -2.41. The van der Waals surface area contributed by atoms with Gasteiger partial charge in [-0.15, -0.1) is 0 Å². The number of aliphatic hydroxyl groups excluding tert-OH is 1. The number of aryl methyl sites for hydroxylation is 1. The second kappa shape index (κ2) is 6.73. The Bertz CT molecular complexity index is 431. The topological polar surface area (TPSA) is 23.5 Å². The Morgan fingerprint density at radius 1 is 1.25 bits per heavy atom. The molecule has 0 saturated carbocycles. The maximum atomic E-state index is 10.4. The first-order valence-electron chi connectivity index (χ1n) is 7.96. The zero-order valence-corrected chi connectivity index (χ0v) is 13.3. The van der Waals surface area contributed by atoms with E-state index in [0.29, 0.717) is 6.04 Å². The van der Waals surface area contributed by atoms with Crippen molar-refractivity contribution in [1.29, 1.82) is 0 Å². The van der Waals surface area contributed by atoms with Crippen LogP contribution in [0.3, 0.4) is 0 Å². The normalized spacial score (nSPS) is 29.4. The maximum absolute atomic E-state index is 10.4. The van der Waals surface area contributed by atoms with Gasteiger partial charge in [-0.1, -0.05) is 38.1 Å². The molecule has 2 rings (SSSR count). The average Bonchev–Trinajstić information content (AvgIpc) is 2.41. The monoisotopic (exact) mass is 275 g/mol. The SMILES string of the molecule is Cc1ccccc1C(O)CCN1CC(C)CC(C)C1C. The van der Waals surface area contributed by atoms with Crippen molar-refractivity contribution in [1.82, 2.24) is 4.90 Å². The first kappa shape index (κ1) is 15.5. The van der Waals surface area contributed by atoms with E-state index in [4.69, 9.17) is 0 Å². The number of likely N-dealkylation sites (tertiary alicyclic amines) is 1. The van der Waals surface area contributed by atoms with Crippen LogP contribution in [0.15, 0.2) is 24.3 Å². The minimum absolute atomic E-state index is 0.337. The molecule has 1 aromatic rings. The lowest BCUT2D eigenvalue weighted by atomic mass is 9.85. The van der Waals surface area contributed by atoms with E-state index >= 15 is 0 Å². The molecule has 1 aliphatic heterocycles. The van der Waals surface area contributed by atoms with Crippen LogP contribution in [0.2, 0.25) is 0 Å². The molecule has 0 aliphatic carbocycles. The minimum Gasteiger partial charge on any atom is -0.388 e. The highest BCUT2D eigenvalue weighted by atomic mass is 16.3. The summed E-state index contributed by atoms with van der Waals surface area (Å²) in [5.41, 5.74) is 2.27. The van der Waals surface area contributed by atoms with Gasteiger partial charge in [-0.25, -0.2) is 0 Å². The van der Waals surface area contributed by atoms with Gasteiger partial charge in [0.1, 0.15) is 0 Å². The van der Waals surface area contributed by atoms with Crippen LogP contribution in [0.1, 0.15) is 50.8 Å². The smallest absolute Gasteiger partial charge is 0.0804 e. The van der Waals surface area contributed by atoms with Crippen LogP contribution < -0.4 is 0 Å². The zero-order chi connectivity index (χ0) is 14.7. The highest BCUT2D eigenvalue weighted by Crippen LogP contribution is 2.28. The van der Waals surface area contributed by atoms with Gasteiger partial charge in [0.2, 0.25) is 0 Å². The van der Waals surface area contributed by atoms with Gasteiger partial charge in [-0.05, 0) is 49.7 Å². The van der Waals surface area contributed by atoms with E-state index in [9.17, 15) is 5.11 Å². The quantitative estimate of drug-likeness (QED) is 0.904. The molecule has 20 heavy (non-hydrogen) atoms. The van der Waals surface area contributed by atoms with E-state index in [0.717, 1.165) is 30.4 Å². The van der Waals surface area contributed by atoms with Crippen molar-refractivity contribution >= 4 is 0 Å². The molecule has 1 saturated heterocycles. The van der Waals surface area contributed by atoms with E-state index in [1.165, 1.54) is 18.5 Å². The molecule has 1 aliphatic rings. The number of hydrogen-bond donors (Lipinski definition) is 1. The highest BCUT2D eigenvalue weighted by molar-refractivity contribution is 5.27. The van der Waals surface area contributed by atoms with E-state index < -0.39 is 0 Å². The average molecular weight is 275 g/mol. The van der Waals surface area contributed by atoms with Crippen LogP contribution in [0.4, 0.5) is 0 Å². The number of rotatable bonds is 4. The summed E-state index contributed by atoms with van der Waals surface area (Å²) in [7, 11) is 0. The molecule has 0 spiro atoms. The van der Waals surface area contributed by atoms with Gasteiger partial charge >= 0.3 is 0 Å². The summed E-state index contributed by atoms with van der Waals surface area (Å²) in [5, 5.41) is 10.4. The summed E-state index contributed by atoms with van der Waals surface area (Å²) in [4.78, 5) is 2.56. The predicted octanol–water partition coefficient (Wildman–Crippen LogP) is 3.78. The molecule has 1 N–H and O–H groups in total. The summed E-state index contributed by atoms with van der Waals surface area (Å²) < 4.78 is 0. The highest BCUT2D eigenvalue weighted by Gasteiger charge is 2.28. The van der Waals surface area contributed by atoms with Crippen LogP contribution in [0.25, 0.3) is 0 Å². The molecule has 0 amide bonds. The van der Waals surface area contributed by atoms with E-state index in [-0.39, 0.29) is 6.10 Å². The number of hydrogen-bond acceptors (Lipinski definition) is 2. The Morgan fingerprint density at radius 3 is 2.65 bits per heavy atom. The Balaban J connectivity index is 1.93. The maximum Gasteiger partial charge on any atom is 0.0804 e. The van der Waals surface area contributed by atoms with E-state index in [2.05, 4.69) is 38.7 Å². The molecule has 112 valence electrons. The lowest BCUT2D eigenvalue weighted by molar-refractivity contribution is 0.0598. The van der Waals surface area contributed by atoms with E-state index in [1.54, 1.807) is 0 Å². The fraction of sp³-hybridized carbons (Fsp3) is 0.667. The second-order valence-electron chi connectivity index (χ2n) is 6.71. The Labute approximate surface area is 123 Å². The molecular formula is C18H29NO. The second-order valence-corrected chi connectivity index (χ2v) is 6.71. The van der Waals surface area contributed by atoms with Gasteiger partial charge in [0.15, 0.2) is 0 Å². The van der Waals surface area contributed by atoms with Crippen molar-refractivity contribution < 1.29 is 5.11 Å². The molecule has 0 radical (unpaired) electrons. The van der Waals surface area contributed by atoms with Crippen molar-refractivity contribution in [3.8, 4) is 0 Å². The number of piperidine rings is 1. The summed E-state index contributed by atoms with van der Waals surface area (Å²) in [6.45, 7) is 11.3. The van der Waals surface area contributed by atoms with E-state index in [1.807, 2.05) is 18.2 Å². The molecule has 0 aromatic heterocycles. The summed E-state index contributed by atoms with van der Waals surface area (Å²) in [6.07, 6.45) is 1.82. The van der Waals surface area contributed by atoms with Gasteiger partial charge in [0.05, 0.1) is 6.10 Å². The molecule has 1 aromatic carbocycles. The van der Waals surface area contributed by atoms with Crippen molar-refractivity contribution in [3.05, 3.63) is 35.4 Å². The Hall–Kier alpha value is -0.860. The van der Waals surface area contributed by atoms with Crippen LogP contribution in [-0.2, 0) is 0 Å². The van der Waals surface area contributed by atoms with Crippen molar-refractivity contribution in [2.24, 2.45) is 11.8 Å². The standard InChI is InChI=1S/C18H29NO/c1-13-11-15(3)16(4)19(12-13)10-9-18(20)17-8-6-5-7-14(17)2/h5-8,13,15-16,18,20H,9-12H2,1-4H3. The van der Waals surface area contributed by atoms with Gasteiger partial charge < -0.3 is 10.0 Å². The fourth-order valence-electron chi connectivity index (χ4n) is 3.53. The first-order chi connectivity index (χ1) is 9.49. The van der Waals surface area contributed by atoms with Crippen LogP contribution in [0.5, 0.6) is 0 Å². The zero-order valence-electron chi connectivity index (χ0n) is 13.3. The summed E-state index contributed by atoms with van der Waals surface area (Å²) >= 11 is 0. The molecular weight excluding hydrogens is 246 g/mol. The third-order valence-electron chi connectivity index (χ3n) is 4.96. The molecule has 4 unspecified atom stereocenters. The molecule has 2 heteroatoms. The molecule has 4 atom stereocenters. The summed E-state index contributed by atoms with van der Waals surface area (Å²) in [6, 6.07) is 8.80. The van der Waals surface area contributed by atoms with Crippen LogP contribution >= 0.6 is 0 Å². The molecule has 0 bridgehead atoms. The molecule has 2 nitrogen and oxygen atoms in total. The minimum atomic E-state index is -0.337. The third-order valence-corrected chi connectivity index (χ3v) is 4.96. The Morgan fingerprint density at radius 2 is 1.95 bits per heavy atom. The van der Waals surface area contributed by atoms with Crippen molar-refractivity contribution in [3.63, 3.8) is 0 Å². The van der Waals surface area contributed by atoms with Gasteiger partial charge in [0.25, 0.3) is 0 Å². The summed E-state index contributed by atoms with van der Waals surface area (Å²) in [5.74, 6) is 1.53. The van der Waals surface area contributed by atoms with Crippen molar-refractivity contribution in [2.75, 3.05) is 13.1 Å². The molecule has 1 fully saturated rings.